The van der Waals surface area contributed by atoms with Gasteiger partial charge in [-0.05, 0) is 50.2 Å². The molecule has 4 heterocycles. The second kappa shape index (κ2) is 10.4. The van der Waals surface area contributed by atoms with Crippen molar-refractivity contribution in [2.75, 3.05) is 42.5 Å². The minimum atomic E-state index is -0.512. The highest BCUT2D eigenvalue weighted by Crippen LogP contribution is 2.30. The van der Waals surface area contributed by atoms with E-state index >= 15 is 0 Å². The van der Waals surface area contributed by atoms with E-state index in [2.05, 4.69) is 38.1 Å². The van der Waals surface area contributed by atoms with Gasteiger partial charge in [0.15, 0.2) is 0 Å². The first-order valence-corrected chi connectivity index (χ1v) is 12.4. The van der Waals surface area contributed by atoms with Crippen molar-refractivity contribution < 1.29 is 14.9 Å². The van der Waals surface area contributed by atoms with Gasteiger partial charge in [-0.25, -0.2) is 0 Å². The molecule has 3 aromatic rings. The average Bonchev–Trinajstić information content (AvgIpc) is 3.26. The number of aliphatic hydroxyl groups excluding tert-OH is 2. The lowest BCUT2D eigenvalue weighted by molar-refractivity contribution is -0.0170. The molecule has 9 heteroatoms. The Labute approximate surface area is 211 Å². The van der Waals surface area contributed by atoms with Crippen molar-refractivity contribution in [2.45, 2.75) is 44.8 Å². The first kappa shape index (κ1) is 24.4. The minimum Gasteiger partial charge on any atom is -0.390 e. The Morgan fingerprint density at radius 1 is 1.17 bits per heavy atom. The number of fused-ring (bicyclic) bond motifs is 1. The predicted molar refractivity (Wildman–Crippen MR) is 138 cm³/mol. The van der Waals surface area contributed by atoms with E-state index in [4.69, 9.17) is 4.74 Å². The Kier molecular flexibility index (Phi) is 7.03. The lowest BCUT2D eigenvalue weighted by Crippen LogP contribution is -2.52. The number of pyridine rings is 2. The van der Waals surface area contributed by atoms with E-state index in [0.717, 1.165) is 34.5 Å². The molecule has 0 aliphatic carbocycles. The van der Waals surface area contributed by atoms with Crippen LogP contribution < -0.4 is 15.1 Å². The number of ether oxygens (including phenoxy) is 1. The van der Waals surface area contributed by atoms with E-state index in [1.165, 1.54) is 0 Å². The van der Waals surface area contributed by atoms with Crippen LogP contribution in [-0.2, 0) is 11.3 Å². The molecular formula is C27H32N6O3. The molecule has 2 fully saturated rings. The fraction of sp³-hybridized carbons (Fsp3) is 0.444. The Balaban J connectivity index is 1.26. The summed E-state index contributed by atoms with van der Waals surface area (Å²) in [5.74, 6) is 0. The zero-order valence-corrected chi connectivity index (χ0v) is 20.6. The van der Waals surface area contributed by atoms with Gasteiger partial charge in [0, 0.05) is 61.4 Å². The molecule has 0 spiro atoms. The normalized spacial score (nSPS) is 24.3. The van der Waals surface area contributed by atoms with Crippen LogP contribution in [0, 0.1) is 18.3 Å². The molecule has 5 rings (SSSR count). The summed E-state index contributed by atoms with van der Waals surface area (Å²) in [5, 5.41) is 34.2. The number of nitriles is 1. The quantitative estimate of drug-likeness (QED) is 0.477. The summed E-state index contributed by atoms with van der Waals surface area (Å²) >= 11 is 0. The van der Waals surface area contributed by atoms with E-state index in [1.54, 1.807) is 6.20 Å². The summed E-state index contributed by atoms with van der Waals surface area (Å²) in [5.41, 5.74) is 4.78. The first-order chi connectivity index (χ1) is 17.4. The van der Waals surface area contributed by atoms with Crippen LogP contribution >= 0.6 is 0 Å². The van der Waals surface area contributed by atoms with E-state index < -0.39 is 6.10 Å². The van der Waals surface area contributed by atoms with E-state index in [0.29, 0.717) is 37.4 Å². The van der Waals surface area contributed by atoms with Crippen molar-refractivity contribution in [1.29, 1.82) is 5.26 Å². The number of nitrogens with one attached hydrogen (secondary N) is 1. The van der Waals surface area contributed by atoms with E-state index in [-0.39, 0.29) is 24.9 Å². The third kappa shape index (κ3) is 4.99. The van der Waals surface area contributed by atoms with E-state index in [9.17, 15) is 15.5 Å². The number of aryl methyl sites for hydroxylation is 1. The molecular weight excluding hydrogens is 456 g/mol. The summed E-state index contributed by atoms with van der Waals surface area (Å²) in [6.07, 6.45) is 1.19. The Bertz CT molecular complexity index is 1280. The van der Waals surface area contributed by atoms with Gasteiger partial charge in [-0.2, -0.15) is 5.26 Å². The van der Waals surface area contributed by atoms with Crippen LogP contribution in [0.2, 0.25) is 0 Å². The summed E-state index contributed by atoms with van der Waals surface area (Å²) in [6.45, 7) is 7.11. The van der Waals surface area contributed by atoms with Crippen LogP contribution in [0.25, 0.3) is 10.9 Å². The molecule has 0 unspecified atom stereocenters. The topological polar surface area (TPSA) is 118 Å². The van der Waals surface area contributed by atoms with Crippen LogP contribution in [0.15, 0.2) is 42.6 Å². The van der Waals surface area contributed by atoms with Crippen LogP contribution in [0.3, 0.4) is 0 Å². The SMILES string of the molecule is Cc1cc(N2C[C@@H](O)[C@H](NC[C@H]3CN(c4ccc(C#N)c5ncccc45)C[C@@H](C)O3)C2)cc(CO)n1. The number of rotatable bonds is 6. The summed E-state index contributed by atoms with van der Waals surface area (Å²) in [4.78, 5) is 13.2. The van der Waals surface area contributed by atoms with Gasteiger partial charge >= 0.3 is 0 Å². The molecule has 0 radical (unpaired) electrons. The minimum absolute atomic E-state index is 0.0367. The molecule has 1 aromatic carbocycles. The van der Waals surface area contributed by atoms with Gasteiger partial charge in [-0.15, -0.1) is 0 Å². The number of aromatic nitrogens is 2. The Hall–Kier alpha value is -3.29. The zero-order chi connectivity index (χ0) is 25.2. The van der Waals surface area contributed by atoms with Gasteiger partial charge in [0.1, 0.15) is 6.07 Å². The highest BCUT2D eigenvalue weighted by molar-refractivity contribution is 5.95. The maximum absolute atomic E-state index is 10.7. The van der Waals surface area contributed by atoms with Gasteiger partial charge in [0.2, 0.25) is 0 Å². The van der Waals surface area contributed by atoms with Gasteiger partial charge in [-0.1, -0.05) is 0 Å². The third-order valence-corrected chi connectivity index (χ3v) is 6.95. The number of morpholine rings is 1. The molecule has 0 saturated carbocycles. The molecule has 3 N–H and O–H groups in total. The first-order valence-electron chi connectivity index (χ1n) is 12.4. The molecule has 2 saturated heterocycles. The van der Waals surface area contributed by atoms with Crippen molar-refractivity contribution >= 4 is 22.3 Å². The fourth-order valence-electron chi connectivity index (χ4n) is 5.34. The second-order valence-electron chi connectivity index (χ2n) is 9.72. The number of aliphatic hydroxyl groups is 2. The standard InChI is InChI=1S/C27H32N6O3/c1-17-8-21(9-20(16-34)31-17)32-14-24(26(35)15-32)30-11-22-13-33(12-18(2)36-22)25-6-5-19(10-28)27-23(25)4-3-7-29-27/h3-9,18,22,24,26,30,34-35H,11-16H2,1-2H3/t18-,22+,24-,26-/m1/s1. The van der Waals surface area contributed by atoms with E-state index in [1.807, 2.05) is 43.3 Å². The third-order valence-electron chi connectivity index (χ3n) is 6.95. The van der Waals surface area contributed by atoms with Crippen LogP contribution in [0.5, 0.6) is 0 Å². The summed E-state index contributed by atoms with van der Waals surface area (Å²) in [7, 11) is 0. The van der Waals surface area contributed by atoms with Crippen molar-refractivity contribution in [1.82, 2.24) is 15.3 Å². The molecule has 0 bridgehead atoms. The van der Waals surface area contributed by atoms with Crippen molar-refractivity contribution in [3.8, 4) is 6.07 Å². The van der Waals surface area contributed by atoms with Gasteiger partial charge in [0.25, 0.3) is 0 Å². The smallest absolute Gasteiger partial charge is 0.101 e. The highest BCUT2D eigenvalue weighted by Gasteiger charge is 2.33. The molecule has 4 atom stereocenters. The second-order valence-corrected chi connectivity index (χ2v) is 9.72. The van der Waals surface area contributed by atoms with Crippen LogP contribution in [-0.4, -0.2) is 77.3 Å². The van der Waals surface area contributed by atoms with Gasteiger partial charge in [-0.3, -0.25) is 9.97 Å². The number of hydrogen-bond acceptors (Lipinski definition) is 9. The molecule has 9 nitrogen and oxygen atoms in total. The Morgan fingerprint density at radius 3 is 2.83 bits per heavy atom. The average molecular weight is 489 g/mol. The monoisotopic (exact) mass is 488 g/mol. The molecule has 2 aliphatic rings. The van der Waals surface area contributed by atoms with Gasteiger partial charge in [0.05, 0.1) is 47.7 Å². The lowest BCUT2D eigenvalue weighted by atomic mass is 10.1. The summed E-state index contributed by atoms with van der Waals surface area (Å²) in [6, 6.07) is 13.8. The Morgan fingerprint density at radius 2 is 2.03 bits per heavy atom. The lowest BCUT2D eigenvalue weighted by Gasteiger charge is -2.39. The number of anilines is 2. The maximum atomic E-state index is 10.7. The van der Waals surface area contributed by atoms with Crippen molar-refractivity contribution in [2.24, 2.45) is 0 Å². The maximum Gasteiger partial charge on any atom is 0.101 e. The number of benzene rings is 1. The predicted octanol–water partition coefficient (Wildman–Crippen LogP) is 1.74. The molecule has 36 heavy (non-hydrogen) atoms. The molecule has 2 aromatic heterocycles. The van der Waals surface area contributed by atoms with Crippen molar-refractivity contribution in [3.05, 3.63) is 59.5 Å². The van der Waals surface area contributed by atoms with Crippen LogP contribution in [0.1, 0.15) is 23.9 Å². The molecule has 2 aliphatic heterocycles. The largest absolute Gasteiger partial charge is 0.390 e. The fourth-order valence-corrected chi connectivity index (χ4v) is 5.34. The number of β-amino-alcohol motifs (C(OH)–C–C–N with tert-alkyl or cyclic N) is 1. The van der Waals surface area contributed by atoms with Crippen molar-refractivity contribution in [3.63, 3.8) is 0 Å². The molecule has 0 amide bonds. The summed E-state index contributed by atoms with van der Waals surface area (Å²) < 4.78 is 6.24. The zero-order valence-electron chi connectivity index (χ0n) is 20.6. The molecule has 188 valence electrons. The number of hydrogen-bond donors (Lipinski definition) is 3. The number of nitrogens with zero attached hydrogens (tertiary/aromatic N) is 5. The highest BCUT2D eigenvalue weighted by atomic mass is 16.5. The van der Waals surface area contributed by atoms with Crippen LogP contribution in [0.4, 0.5) is 11.4 Å². The van der Waals surface area contributed by atoms with Gasteiger partial charge < -0.3 is 30.1 Å².